The average Bonchev–Trinajstić information content (AvgIpc) is 3.26. The Hall–Kier alpha value is -0.570. The summed E-state index contributed by atoms with van der Waals surface area (Å²) >= 11 is 0. The number of hydrogen-bond acceptors (Lipinski definition) is 3. The number of ether oxygens (including phenoxy) is 1. The number of nitrogens with zero attached hydrogens (tertiary/aromatic N) is 3. The van der Waals surface area contributed by atoms with E-state index < -0.39 is 0 Å². The van der Waals surface area contributed by atoms with Crippen LogP contribution in [0.1, 0.15) is 51.4 Å². The minimum atomic E-state index is 0. The monoisotopic (exact) mass is 478 g/mol. The molecule has 1 N–H and O–H groups in total. The highest BCUT2D eigenvalue weighted by molar-refractivity contribution is 14.0. The Morgan fingerprint density at radius 1 is 1.23 bits per heavy atom. The second kappa shape index (κ2) is 10.1. The third kappa shape index (κ3) is 5.71. The molecule has 1 aliphatic carbocycles. The molecule has 1 amide bonds. The minimum Gasteiger partial charge on any atom is -0.376 e. The van der Waals surface area contributed by atoms with Crippen molar-refractivity contribution < 1.29 is 9.53 Å². The van der Waals surface area contributed by atoms with Gasteiger partial charge in [-0.3, -0.25) is 4.79 Å². The normalized spacial score (nSPS) is 25.2. The van der Waals surface area contributed by atoms with Gasteiger partial charge >= 0.3 is 0 Å². The van der Waals surface area contributed by atoms with E-state index in [2.05, 4.69) is 15.2 Å². The van der Waals surface area contributed by atoms with E-state index in [1.54, 1.807) is 19.0 Å². The fourth-order valence-corrected chi connectivity index (χ4v) is 4.39. The van der Waals surface area contributed by atoms with Crippen LogP contribution in [0.3, 0.4) is 0 Å². The molecule has 0 aromatic rings. The highest BCUT2D eigenvalue weighted by atomic mass is 127. The van der Waals surface area contributed by atoms with Gasteiger partial charge in [-0.2, -0.15) is 0 Å². The molecule has 2 heterocycles. The van der Waals surface area contributed by atoms with Crippen LogP contribution in [0, 0.1) is 5.41 Å². The third-order valence-corrected chi connectivity index (χ3v) is 6.03. The lowest BCUT2D eigenvalue weighted by molar-refractivity contribution is -0.127. The number of carbonyl (C=O) groups excluding carboxylic acids is 1. The third-order valence-electron chi connectivity index (χ3n) is 6.03. The van der Waals surface area contributed by atoms with Crippen molar-refractivity contribution in [2.45, 2.75) is 57.5 Å². The van der Waals surface area contributed by atoms with Gasteiger partial charge in [0.15, 0.2) is 5.96 Å². The maximum Gasteiger partial charge on any atom is 0.243 e. The first-order valence-electron chi connectivity index (χ1n) is 9.93. The molecule has 2 saturated heterocycles. The molecule has 3 aliphatic rings. The number of hydrogen-bond donors (Lipinski definition) is 1. The Morgan fingerprint density at radius 3 is 2.65 bits per heavy atom. The molecule has 0 aromatic heterocycles. The molecule has 3 rings (SSSR count). The number of halogens is 1. The predicted octanol–water partition coefficient (Wildman–Crippen LogP) is 2.47. The molecule has 7 heteroatoms. The molecule has 2 aliphatic heterocycles. The van der Waals surface area contributed by atoms with E-state index in [9.17, 15) is 4.79 Å². The van der Waals surface area contributed by atoms with Gasteiger partial charge < -0.3 is 19.9 Å². The van der Waals surface area contributed by atoms with Crippen molar-refractivity contribution in [3.63, 3.8) is 0 Å². The minimum absolute atomic E-state index is 0. The topological polar surface area (TPSA) is 57.2 Å². The van der Waals surface area contributed by atoms with Crippen molar-refractivity contribution >= 4 is 35.8 Å². The van der Waals surface area contributed by atoms with Crippen LogP contribution in [-0.4, -0.2) is 74.7 Å². The molecule has 0 bridgehead atoms. The lowest BCUT2D eigenvalue weighted by Crippen LogP contribution is -2.44. The largest absolute Gasteiger partial charge is 0.376 e. The van der Waals surface area contributed by atoms with Crippen LogP contribution in [0.25, 0.3) is 0 Å². The van der Waals surface area contributed by atoms with Crippen LogP contribution in [0.2, 0.25) is 0 Å². The summed E-state index contributed by atoms with van der Waals surface area (Å²) in [5, 5.41) is 3.50. The number of likely N-dealkylation sites (tertiary alicyclic amines) is 1. The second-order valence-corrected chi connectivity index (χ2v) is 8.18. The molecule has 0 radical (unpaired) electrons. The zero-order chi connectivity index (χ0) is 17.7. The quantitative estimate of drug-likeness (QED) is 0.383. The van der Waals surface area contributed by atoms with Crippen molar-refractivity contribution in [3.8, 4) is 0 Å². The molecule has 26 heavy (non-hydrogen) atoms. The van der Waals surface area contributed by atoms with Crippen molar-refractivity contribution in [3.05, 3.63) is 0 Å². The summed E-state index contributed by atoms with van der Waals surface area (Å²) in [6.45, 7) is 4.00. The Kier molecular flexibility index (Phi) is 8.44. The van der Waals surface area contributed by atoms with Gasteiger partial charge in [-0.25, -0.2) is 4.99 Å². The first-order valence-corrected chi connectivity index (χ1v) is 9.93. The SMILES string of the molecule is CN(C)C(=O)CN=C(NCC1CCCO1)N1CCC2(CCCCC2)C1.I. The second-order valence-electron chi connectivity index (χ2n) is 8.18. The number of carbonyl (C=O) groups is 1. The lowest BCUT2D eigenvalue weighted by atomic mass is 9.73. The molecule has 0 aromatic carbocycles. The van der Waals surface area contributed by atoms with E-state index in [0.29, 0.717) is 5.41 Å². The molecule has 1 spiro atoms. The average molecular weight is 478 g/mol. The maximum atomic E-state index is 12.0. The molecule has 3 fully saturated rings. The van der Waals surface area contributed by atoms with Crippen molar-refractivity contribution in [1.82, 2.24) is 15.1 Å². The maximum absolute atomic E-state index is 12.0. The van der Waals surface area contributed by atoms with E-state index in [0.717, 1.165) is 45.0 Å². The molecular weight excluding hydrogens is 443 g/mol. The zero-order valence-corrected chi connectivity index (χ0v) is 18.7. The molecule has 150 valence electrons. The van der Waals surface area contributed by atoms with Crippen LogP contribution < -0.4 is 5.32 Å². The summed E-state index contributed by atoms with van der Waals surface area (Å²) in [6.07, 6.45) is 10.6. The Morgan fingerprint density at radius 2 is 2.00 bits per heavy atom. The van der Waals surface area contributed by atoms with E-state index in [1.807, 2.05) is 0 Å². The molecular formula is C19H35IN4O2. The van der Waals surface area contributed by atoms with Gasteiger partial charge in [0.05, 0.1) is 6.10 Å². The summed E-state index contributed by atoms with van der Waals surface area (Å²) in [4.78, 5) is 20.6. The fourth-order valence-electron chi connectivity index (χ4n) is 4.39. The Balaban J connectivity index is 0.00000243. The van der Waals surface area contributed by atoms with Gasteiger partial charge in [-0.05, 0) is 37.5 Å². The van der Waals surface area contributed by atoms with Crippen LogP contribution in [0.4, 0.5) is 0 Å². The van der Waals surface area contributed by atoms with E-state index >= 15 is 0 Å². The Bertz CT molecular complexity index is 486. The lowest BCUT2D eigenvalue weighted by Gasteiger charge is -2.33. The standard InChI is InChI=1S/C19H34N4O2.HI/c1-22(2)17(24)14-21-18(20-13-16-7-6-12-25-16)23-11-10-19(15-23)8-4-3-5-9-19;/h16H,3-15H2,1-2H3,(H,20,21);1H. The number of rotatable bonds is 4. The van der Waals surface area contributed by atoms with E-state index in [4.69, 9.17) is 4.74 Å². The van der Waals surface area contributed by atoms with Gasteiger partial charge in [0, 0.05) is 40.3 Å². The number of guanidine groups is 1. The van der Waals surface area contributed by atoms with Crippen LogP contribution >= 0.6 is 24.0 Å². The first kappa shape index (κ1) is 21.7. The van der Waals surface area contributed by atoms with Crippen molar-refractivity contribution in [2.75, 3.05) is 46.9 Å². The summed E-state index contributed by atoms with van der Waals surface area (Å²) in [5.74, 6) is 0.941. The van der Waals surface area contributed by atoms with Crippen LogP contribution in [-0.2, 0) is 9.53 Å². The van der Waals surface area contributed by atoms with E-state index in [1.165, 1.54) is 38.5 Å². The van der Waals surface area contributed by atoms with Gasteiger partial charge in [-0.15, -0.1) is 24.0 Å². The smallest absolute Gasteiger partial charge is 0.243 e. The number of likely N-dealkylation sites (N-methyl/N-ethyl adjacent to an activating group) is 1. The van der Waals surface area contributed by atoms with Crippen LogP contribution in [0.15, 0.2) is 4.99 Å². The first-order chi connectivity index (χ1) is 12.1. The van der Waals surface area contributed by atoms with Gasteiger partial charge in [-0.1, -0.05) is 19.3 Å². The van der Waals surface area contributed by atoms with Gasteiger partial charge in [0.1, 0.15) is 6.54 Å². The summed E-state index contributed by atoms with van der Waals surface area (Å²) in [7, 11) is 3.56. The van der Waals surface area contributed by atoms with Crippen LogP contribution in [0.5, 0.6) is 0 Å². The van der Waals surface area contributed by atoms with E-state index in [-0.39, 0.29) is 42.5 Å². The fraction of sp³-hybridized carbons (Fsp3) is 0.895. The van der Waals surface area contributed by atoms with Gasteiger partial charge in [0.25, 0.3) is 0 Å². The highest BCUT2D eigenvalue weighted by Crippen LogP contribution is 2.43. The number of amides is 1. The highest BCUT2D eigenvalue weighted by Gasteiger charge is 2.40. The summed E-state index contributed by atoms with van der Waals surface area (Å²) < 4.78 is 5.73. The Labute approximate surface area is 175 Å². The zero-order valence-electron chi connectivity index (χ0n) is 16.3. The molecule has 1 atom stereocenters. The number of aliphatic imine (C=N–C) groups is 1. The molecule has 6 nitrogen and oxygen atoms in total. The number of nitrogens with one attached hydrogen (secondary N) is 1. The molecule has 1 unspecified atom stereocenters. The molecule has 1 saturated carbocycles. The summed E-state index contributed by atoms with van der Waals surface area (Å²) in [5.41, 5.74) is 0.482. The van der Waals surface area contributed by atoms with Crippen molar-refractivity contribution in [2.24, 2.45) is 10.4 Å². The van der Waals surface area contributed by atoms with Crippen molar-refractivity contribution in [1.29, 1.82) is 0 Å². The van der Waals surface area contributed by atoms with Gasteiger partial charge in [0.2, 0.25) is 5.91 Å². The summed E-state index contributed by atoms with van der Waals surface area (Å²) in [6, 6.07) is 0. The predicted molar refractivity (Wildman–Crippen MR) is 115 cm³/mol.